The van der Waals surface area contributed by atoms with E-state index in [0.717, 1.165) is 26.2 Å². The summed E-state index contributed by atoms with van der Waals surface area (Å²) in [6.45, 7) is 14.0. The van der Waals surface area contributed by atoms with E-state index in [-0.39, 0.29) is 0 Å². The van der Waals surface area contributed by atoms with Crippen LogP contribution in [-0.2, 0) is 0 Å². The first-order valence-electron chi connectivity index (χ1n) is 13.8. The molecule has 0 bridgehead atoms. The van der Waals surface area contributed by atoms with Crippen molar-refractivity contribution in [2.24, 2.45) is 0 Å². The van der Waals surface area contributed by atoms with Gasteiger partial charge in [-0.25, -0.2) is 0 Å². The molecule has 188 valence electrons. The van der Waals surface area contributed by atoms with Crippen LogP contribution in [0.15, 0.2) is 54.7 Å². The summed E-state index contributed by atoms with van der Waals surface area (Å²) in [4.78, 5) is 11.3. The van der Waals surface area contributed by atoms with Crippen LogP contribution in [0.4, 0.5) is 5.69 Å². The summed E-state index contributed by atoms with van der Waals surface area (Å²) < 4.78 is 0. The maximum atomic E-state index is 3.69. The van der Waals surface area contributed by atoms with E-state index >= 15 is 0 Å². The van der Waals surface area contributed by atoms with Gasteiger partial charge in [0, 0.05) is 62.1 Å². The third kappa shape index (κ3) is 6.27. The predicted octanol–water partition coefficient (Wildman–Crippen LogP) is 4.85. The molecule has 0 saturated carbocycles. The largest absolute Gasteiger partial charge is 0.369 e. The van der Waals surface area contributed by atoms with Crippen LogP contribution < -0.4 is 10.2 Å². The number of benzene rings is 2. The van der Waals surface area contributed by atoms with Gasteiger partial charge >= 0.3 is 0 Å². The van der Waals surface area contributed by atoms with Crippen molar-refractivity contribution in [1.29, 1.82) is 0 Å². The number of hydrogen-bond acceptors (Lipinski definition) is 4. The number of nitrogens with one attached hydrogen (secondary N) is 2. The Labute approximate surface area is 211 Å². The number of piperidine rings is 1. The molecule has 2 fully saturated rings. The highest BCUT2D eigenvalue weighted by atomic mass is 15.3. The highest BCUT2D eigenvalue weighted by Crippen LogP contribution is 2.33. The van der Waals surface area contributed by atoms with Gasteiger partial charge in [-0.15, -0.1) is 0 Å². The van der Waals surface area contributed by atoms with Gasteiger partial charge in [0.05, 0.1) is 0 Å². The summed E-state index contributed by atoms with van der Waals surface area (Å²) in [7, 11) is 0. The number of aromatic amines is 1. The van der Waals surface area contributed by atoms with Crippen molar-refractivity contribution in [3.8, 4) is 0 Å². The molecule has 35 heavy (non-hydrogen) atoms. The molecular formula is C30H43N5. The number of unbranched alkanes of at least 4 members (excludes halogenated alkanes) is 1. The molecular weight excluding hydrogens is 430 g/mol. The predicted molar refractivity (Wildman–Crippen MR) is 149 cm³/mol. The van der Waals surface area contributed by atoms with Crippen molar-refractivity contribution in [3.63, 3.8) is 0 Å². The van der Waals surface area contributed by atoms with Crippen LogP contribution in [0, 0.1) is 6.92 Å². The van der Waals surface area contributed by atoms with Gasteiger partial charge in [-0.05, 0) is 88.0 Å². The van der Waals surface area contributed by atoms with E-state index in [0.29, 0.717) is 5.92 Å². The lowest BCUT2D eigenvalue weighted by Crippen LogP contribution is -2.48. The number of hydrogen-bond donors (Lipinski definition) is 2. The number of para-hydroxylation sites is 2. The molecule has 2 N–H and O–H groups in total. The Balaban J connectivity index is 0.908. The second kappa shape index (κ2) is 12.1. The summed E-state index contributed by atoms with van der Waals surface area (Å²) in [5.74, 6) is 0.711. The second-order valence-corrected chi connectivity index (χ2v) is 10.5. The quantitative estimate of drug-likeness (QED) is 0.413. The molecule has 2 saturated heterocycles. The topological polar surface area (TPSA) is 37.5 Å². The molecule has 5 heteroatoms. The van der Waals surface area contributed by atoms with Crippen molar-refractivity contribution in [2.75, 3.05) is 70.3 Å². The van der Waals surface area contributed by atoms with Gasteiger partial charge < -0.3 is 20.1 Å². The number of nitrogens with zero attached hydrogens (tertiary/aromatic N) is 3. The van der Waals surface area contributed by atoms with Crippen molar-refractivity contribution in [3.05, 3.63) is 65.9 Å². The lowest BCUT2D eigenvalue weighted by Gasteiger charge is -2.36. The molecule has 3 heterocycles. The van der Waals surface area contributed by atoms with Gasteiger partial charge in [-0.3, -0.25) is 4.90 Å². The molecule has 0 aliphatic carbocycles. The zero-order valence-corrected chi connectivity index (χ0v) is 21.5. The van der Waals surface area contributed by atoms with Gasteiger partial charge in [0.1, 0.15) is 0 Å². The minimum atomic E-state index is 0.711. The normalized spacial score (nSPS) is 18.5. The van der Waals surface area contributed by atoms with E-state index < -0.39 is 0 Å². The van der Waals surface area contributed by atoms with E-state index in [1.54, 1.807) is 0 Å². The lowest BCUT2D eigenvalue weighted by atomic mass is 9.89. The number of anilines is 1. The van der Waals surface area contributed by atoms with Gasteiger partial charge in [0.2, 0.25) is 0 Å². The number of fused-ring (bicyclic) bond motifs is 1. The molecule has 0 amide bonds. The van der Waals surface area contributed by atoms with Gasteiger partial charge in [-0.1, -0.05) is 36.4 Å². The average molecular weight is 474 g/mol. The van der Waals surface area contributed by atoms with Crippen LogP contribution in [-0.4, -0.2) is 80.2 Å². The average Bonchev–Trinajstić information content (AvgIpc) is 3.33. The van der Waals surface area contributed by atoms with E-state index in [4.69, 9.17) is 0 Å². The smallest absolute Gasteiger partial charge is 0.0456 e. The molecule has 2 aromatic carbocycles. The number of aryl methyl sites for hydroxylation is 1. The van der Waals surface area contributed by atoms with E-state index in [1.165, 1.54) is 92.7 Å². The van der Waals surface area contributed by atoms with Crippen LogP contribution >= 0.6 is 0 Å². The maximum absolute atomic E-state index is 3.69. The molecule has 3 aromatic rings. The highest BCUT2D eigenvalue weighted by molar-refractivity contribution is 5.83. The summed E-state index contributed by atoms with van der Waals surface area (Å²) >= 11 is 0. The molecule has 0 unspecified atom stereocenters. The fourth-order valence-electron chi connectivity index (χ4n) is 5.98. The molecule has 0 atom stereocenters. The molecule has 1 aromatic heterocycles. The van der Waals surface area contributed by atoms with Crippen molar-refractivity contribution in [2.45, 2.75) is 38.5 Å². The number of likely N-dealkylation sites (tertiary alicyclic amines) is 1. The molecule has 2 aliphatic rings. The van der Waals surface area contributed by atoms with Crippen molar-refractivity contribution >= 4 is 16.6 Å². The third-order valence-corrected chi connectivity index (χ3v) is 8.16. The zero-order valence-electron chi connectivity index (χ0n) is 21.5. The van der Waals surface area contributed by atoms with Crippen LogP contribution in [0.2, 0.25) is 0 Å². The number of aromatic nitrogens is 1. The minimum Gasteiger partial charge on any atom is -0.369 e. The third-order valence-electron chi connectivity index (χ3n) is 8.16. The maximum Gasteiger partial charge on any atom is 0.0456 e. The Kier molecular flexibility index (Phi) is 8.40. The number of rotatable bonds is 10. The molecule has 0 spiro atoms. The summed E-state index contributed by atoms with van der Waals surface area (Å²) in [5, 5.41) is 5.11. The van der Waals surface area contributed by atoms with Crippen LogP contribution in [0.5, 0.6) is 0 Å². The fourth-order valence-corrected chi connectivity index (χ4v) is 5.98. The monoisotopic (exact) mass is 473 g/mol. The lowest BCUT2D eigenvalue weighted by molar-refractivity contribution is 0.209. The van der Waals surface area contributed by atoms with Crippen LogP contribution in [0.1, 0.15) is 42.7 Å². The molecule has 5 nitrogen and oxygen atoms in total. The van der Waals surface area contributed by atoms with Gasteiger partial charge in [0.15, 0.2) is 0 Å². The first-order chi connectivity index (χ1) is 17.3. The first-order valence-corrected chi connectivity index (χ1v) is 13.8. The molecule has 5 rings (SSSR count). The number of piperazine rings is 1. The highest BCUT2D eigenvalue weighted by Gasteiger charge is 2.22. The minimum absolute atomic E-state index is 0.711. The van der Waals surface area contributed by atoms with E-state index in [1.807, 2.05) is 0 Å². The van der Waals surface area contributed by atoms with Gasteiger partial charge in [-0.2, -0.15) is 0 Å². The van der Waals surface area contributed by atoms with E-state index in [9.17, 15) is 0 Å². The standard InChI is InChI=1S/C30H43N5/c1-25-8-2-5-11-30(25)35-22-20-34(21-23-35)19-15-31-14-6-7-16-33-17-12-26(13-18-33)28-24-32-29-10-4-3-9-27(28)29/h2-5,8-11,24,26,31-32H,6-7,12-23H2,1H3. The van der Waals surface area contributed by atoms with E-state index in [2.05, 4.69) is 86.7 Å². The molecule has 0 radical (unpaired) electrons. The Morgan fingerprint density at radius 3 is 2.37 bits per heavy atom. The number of H-pyrrole nitrogens is 1. The Hall–Kier alpha value is -2.34. The summed E-state index contributed by atoms with van der Waals surface area (Å²) in [6, 6.07) is 17.5. The van der Waals surface area contributed by atoms with Crippen LogP contribution in [0.25, 0.3) is 10.9 Å². The van der Waals surface area contributed by atoms with Crippen molar-refractivity contribution in [1.82, 2.24) is 20.1 Å². The van der Waals surface area contributed by atoms with Gasteiger partial charge in [0.25, 0.3) is 0 Å². The Bertz CT molecular complexity index is 1040. The SMILES string of the molecule is Cc1ccccc1N1CCN(CCNCCCCN2CCC(c3c[nH]c4ccccc34)CC2)CC1. The Morgan fingerprint density at radius 1 is 0.800 bits per heavy atom. The van der Waals surface area contributed by atoms with Crippen molar-refractivity contribution < 1.29 is 0 Å². The summed E-state index contributed by atoms with van der Waals surface area (Å²) in [5.41, 5.74) is 5.61. The van der Waals surface area contributed by atoms with Crippen LogP contribution in [0.3, 0.4) is 0 Å². The zero-order chi connectivity index (χ0) is 23.9. The Morgan fingerprint density at radius 2 is 1.54 bits per heavy atom. The molecule has 2 aliphatic heterocycles. The summed E-state index contributed by atoms with van der Waals surface area (Å²) in [6.07, 6.45) is 7.42. The fraction of sp³-hybridized carbons (Fsp3) is 0.533. The second-order valence-electron chi connectivity index (χ2n) is 10.5. The first kappa shape index (κ1) is 24.4.